The number of carbonyl (C=O) groups excluding carboxylic acids is 1. The molecule has 0 saturated heterocycles. The summed E-state index contributed by atoms with van der Waals surface area (Å²) in [5, 5.41) is 8.38. The van der Waals surface area contributed by atoms with E-state index in [4.69, 9.17) is 9.84 Å². The van der Waals surface area contributed by atoms with E-state index >= 15 is 0 Å². The van der Waals surface area contributed by atoms with Crippen LogP contribution in [0.1, 0.15) is 59.5 Å². The van der Waals surface area contributed by atoms with Gasteiger partial charge in [0.05, 0.1) is 23.7 Å². The molecule has 0 aliphatic heterocycles. The Morgan fingerprint density at radius 2 is 1.93 bits per heavy atom. The third-order valence-electron chi connectivity index (χ3n) is 5.02. The average Bonchev–Trinajstić information content (AvgIpc) is 3.21. The number of amides is 1. The highest BCUT2D eigenvalue weighted by Gasteiger charge is 2.21. The van der Waals surface area contributed by atoms with Crippen LogP contribution in [0.4, 0.5) is 5.69 Å². The first-order valence-corrected chi connectivity index (χ1v) is 11.2. The lowest BCUT2D eigenvalue weighted by atomic mass is 10.0. The lowest BCUT2D eigenvalue weighted by Crippen LogP contribution is -2.12. The van der Waals surface area contributed by atoms with Crippen molar-refractivity contribution in [3.8, 4) is 10.9 Å². The van der Waals surface area contributed by atoms with Crippen molar-refractivity contribution in [1.29, 1.82) is 0 Å². The van der Waals surface area contributed by atoms with Crippen LogP contribution in [0.25, 0.3) is 5.13 Å². The normalized spacial score (nSPS) is 11.2. The standard InChI is InChI=1S/C23H30N4O2S/c1-7-29-20-11-9-8-10-19(20)25-22(28)21-16(5)24-23(30-21)27-17(6)18(15(4)26-27)13-12-14(2)3/h8-11,14H,7,12-13H2,1-6H3,(H,25,28). The number of aryl methyl sites for hydroxylation is 2. The van der Waals surface area contributed by atoms with Crippen LogP contribution >= 0.6 is 11.3 Å². The summed E-state index contributed by atoms with van der Waals surface area (Å²) < 4.78 is 7.48. The van der Waals surface area contributed by atoms with Gasteiger partial charge < -0.3 is 10.1 Å². The number of carbonyl (C=O) groups is 1. The molecule has 30 heavy (non-hydrogen) atoms. The Morgan fingerprint density at radius 1 is 1.20 bits per heavy atom. The van der Waals surface area contributed by atoms with E-state index in [9.17, 15) is 4.79 Å². The Hall–Kier alpha value is -2.67. The minimum Gasteiger partial charge on any atom is -0.492 e. The Balaban J connectivity index is 1.86. The number of para-hydroxylation sites is 2. The van der Waals surface area contributed by atoms with Gasteiger partial charge in [0.25, 0.3) is 5.91 Å². The zero-order valence-electron chi connectivity index (χ0n) is 18.6. The van der Waals surface area contributed by atoms with Gasteiger partial charge in [-0.15, -0.1) is 0 Å². The maximum Gasteiger partial charge on any atom is 0.267 e. The second-order valence-corrected chi connectivity index (χ2v) is 8.77. The molecule has 2 aromatic heterocycles. The highest BCUT2D eigenvalue weighted by atomic mass is 32.1. The number of benzene rings is 1. The molecule has 0 spiro atoms. The van der Waals surface area contributed by atoms with Crippen LogP contribution in [0.15, 0.2) is 24.3 Å². The highest BCUT2D eigenvalue weighted by Crippen LogP contribution is 2.28. The molecule has 3 rings (SSSR count). The average molecular weight is 427 g/mol. The largest absolute Gasteiger partial charge is 0.492 e. The van der Waals surface area contributed by atoms with E-state index in [2.05, 4.69) is 31.1 Å². The molecule has 3 aromatic rings. The third kappa shape index (κ3) is 4.73. The van der Waals surface area contributed by atoms with Crippen molar-refractivity contribution in [3.63, 3.8) is 0 Å². The van der Waals surface area contributed by atoms with Gasteiger partial charge in [-0.3, -0.25) is 4.79 Å². The molecule has 0 aliphatic rings. The van der Waals surface area contributed by atoms with Crippen molar-refractivity contribution in [3.05, 3.63) is 51.8 Å². The van der Waals surface area contributed by atoms with E-state index in [0.717, 1.165) is 24.2 Å². The molecule has 7 heteroatoms. The SMILES string of the molecule is CCOc1ccccc1NC(=O)c1sc(-n2nc(C)c(CCC(C)C)c2C)nc1C. The number of nitrogens with zero attached hydrogens (tertiary/aromatic N) is 3. The van der Waals surface area contributed by atoms with Gasteiger partial charge >= 0.3 is 0 Å². The summed E-state index contributed by atoms with van der Waals surface area (Å²) in [6, 6.07) is 7.44. The predicted octanol–water partition coefficient (Wildman–Crippen LogP) is 5.49. The molecule has 1 N–H and O–H groups in total. The molecule has 2 heterocycles. The molecule has 1 amide bonds. The van der Waals surface area contributed by atoms with Crippen LogP contribution in [0, 0.1) is 26.7 Å². The number of rotatable bonds is 8. The molecule has 1 aromatic carbocycles. The number of hydrogen-bond donors (Lipinski definition) is 1. The number of nitrogens with one attached hydrogen (secondary N) is 1. The monoisotopic (exact) mass is 426 g/mol. The molecule has 0 aliphatic carbocycles. The van der Waals surface area contributed by atoms with Gasteiger partial charge in [-0.05, 0) is 64.2 Å². The molecule has 0 bridgehead atoms. The summed E-state index contributed by atoms with van der Waals surface area (Å²) in [4.78, 5) is 18.2. The number of hydrogen-bond acceptors (Lipinski definition) is 5. The fourth-order valence-corrected chi connectivity index (χ4v) is 4.34. The van der Waals surface area contributed by atoms with Crippen LogP contribution < -0.4 is 10.1 Å². The second kappa shape index (κ2) is 9.43. The Morgan fingerprint density at radius 3 is 2.63 bits per heavy atom. The van der Waals surface area contributed by atoms with Crippen LogP contribution in [-0.4, -0.2) is 27.3 Å². The molecule has 160 valence electrons. The minimum atomic E-state index is -0.190. The molecule has 0 radical (unpaired) electrons. The summed E-state index contributed by atoms with van der Waals surface area (Å²) in [7, 11) is 0. The molecular weight excluding hydrogens is 396 g/mol. The zero-order chi connectivity index (χ0) is 21.8. The summed E-state index contributed by atoms with van der Waals surface area (Å²) in [5.41, 5.74) is 4.74. The zero-order valence-corrected chi connectivity index (χ0v) is 19.4. The number of anilines is 1. The summed E-state index contributed by atoms with van der Waals surface area (Å²) in [6.45, 7) is 12.9. The van der Waals surface area contributed by atoms with E-state index in [1.165, 1.54) is 16.9 Å². The van der Waals surface area contributed by atoms with Crippen LogP contribution in [-0.2, 0) is 6.42 Å². The van der Waals surface area contributed by atoms with E-state index in [1.54, 1.807) is 0 Å². The number of aromatic nitrogens is 3. The maximum atomic E-state index is 12.9. The first-order chi connectivity index (χ1) is 14.3. The Kier molecular flexibility index (Phi) is 6.92. The molecule has 6 nitrogen and oxygen atoms in total. The lowest BCUT2D eigenvalue weighted by Gasteiger charge is -2.10. The third-order valence-corrected chi connectivity index (χ3v) is 6.15. The van der Waals surface area contributed by atoms with Crippen LogP contribution in [0.5, 0.6) is 5.75 Å². The van der Waals surface area contributed by atoms with Crippen molar-refractivity contribution in [2.45, 2.75) is 54.4 Å². The van der Waals surface area contributed by atoms with Crippen molar-refractivity contribution in [1.82, 2.24) is 14.8 Å². The molecular formula is C23H30N4O2S. The van der Waals surface area contributed by atoms with E-state index in [1.807, 2.05) is 49.7 Å². The van der Waals surface area contributed by atoms with Gasteiger partial charge in [-0.25, -0.2) is 9.67 Å². The number of ether oxygens (including phenoxy) is 1. The van der Waals surface area contributed by atoms with Crippen LogP contribution in [0.2, 0.25) is 0 Å². The quantitative estimate of drug-likeness (QED) is 0.517. The summed E-state index contributed by atoms with van der Waals surface area (Å²) >= 11 is 1.36. The van der Waals surface area contributed by atoms with Crippen molar-refractivity contribution < 1.29 is 9.53 Å². The fourth-order valence-electron chi connectivity index (χ4n) is 3.37. The molecule has 0 unspecified atom stereocenters. The Labute approximate surface area is 182 Å². The Bertz CT molecular complexity index is 1040. The van der Waals surface area contributed by atoms with Gasteiger partial charge in [0.15, 0.2) is 0 Å². The maximum absolute atomic E-state index is 12.9. The van der Waals surface area contributed by atoms with Gasteiger partial charge in [-0.1, -0.05) is 37.3 Å². The van der Waals surface area contributed by atoms with E-state index in [-0.39, 0.29) is 5.91 Å². The fraction of sp³-hybridized carbons (Fsp3) is 0.435. The second-order valence-electron chi connectivity index (χ2n) is 7.79. The summed E-state index contributed by atoms with van der Waals surface area (Å²) in [5.74, 6) is 1.11. The molecule has 0 fully saturated rings. The topological polar surface area (TPSA) is 69.0 Å². The predicted molar refractivity (Wildman–Crippen MR) is 122 cm³/mol. The number of thiazole rings is 1. The molecule has 0 atom stereocenters. The van der Waals surface area contributed by atoms with Crippen molar-refractivity contribution in [2.75, 3.05) is 11.9 Å². The van der Waals surface area contributed by atoms with Gasteiger partial charge in [0.2, 0.25) is 5.13 Å². The van der Waals surface area contributed by atoms with E-state index in [0.29, 0.717) is 39.7 Å². The summed E-state index contributed by atoms with van der Waals surface area (Å²) in [6.07, 6.45) is 2.12. The minimum absolute atomic E-state index is 0.190. The first-order valence-electron chi connectivity index (χ1n) is 10.4. The highest BCUT2D eigenvalue weighted by molar-refractivity contribution is 7.16. The van der Waals surface area contributed by atoms with Gasteiger partial charge in [-0.2, -0.15) is 5.10 Å². The smallest absolute Gasteiger partial charge is 0.267 e. The lowest BCUT2D eigenvalue weighted by molar-refractivity contribution is 0.102. The van der Waals surface area contributed by atoms with Crippen molar-refractivity contribution >= 4 is 22.9 Å². The molecule has 0 saturated carbocycles. The van der Waals surface area contributed by atoms with Crippen molar-refractivity contribution in [2.24, 2.45) is 5.92 Å². The first kappa shape index (κ1) is 22.0. The van der Waals surface area contributed by atoms with Gasteiger partial charge in [0, 0.05) is 5.69 Å². The van der Waals surface area contributed by atoms with E-state index < -0.39 is 0 Å². The van der Waals surface area contributed by atoms with Crippen LogP contribution in [0.3, 0.4) is 0 Å². The van der Waals surface area contributed by atoms with Gasteiger partial charge in [0.1, 0.15) is 10.6 Å².